The van der Waals surface area contributed by atoms with Crippen LogP contribution in [-0.2, 0) is 32.9 Å². The molecular formula is C32H62NNa2O9P. The van der Waals surface area contributed by atoms with E-state index in [4.69, 9.17) is 14.2 Å². The maximum atomic E-state index is 12.2. The first-order valence-corrected chi connectivity index (χ1v) is 18.5. The number of esters is 1. The maximum Gasteiger partial charge on any atom is 1.00 e. The van der Waals surface area contributed by atoms with E-state index in [-0.39, 0.29) is 84.8 Å². The average molecular weight is 682 g/mol. The van der Waals surface area contributed by atoms with Gasteiger partial charge in [-0.25, -0.2) is 0 Å². The number of ether oxygens (including phenoxy) is 3. The second-order valence-electron chi connectivity index (χ2n) is 11.6. The van der Waals surface area contributed by atoms with E-state index in [9.17, 15) is 23.9 Å². The fourth-order valence-corrected chi connectivity index (χ4v) is 5.12. The van der Waals surface area contributed by atoms with Crippen LogP contribution in [-0.4, -0.2) is 51.1 Å². The molecule has 13 heteroatoms. The van der Waals surface area contributed by atoms with Crippen molar-refractivity contribution in [2.75, 3.05) is 33.2 Å². The van der Waals surface area contributed by atoms with Gasteiger partial charge >= 0.3 is 65.1 Å². The number of amides is 1. The second-order valence-corrected chi connectivity index (χ2v) is 12.7. The number of rotatable bonds is 33. The van der Waals surface area contributed by atoms with Crippen LogP contribution in [0.3, 0.4) is 0 Å². The zero-order chi connectivity index (χ0) is 31.9. The quantitative estimate of drug-likeness (QED) is 0.0344. The number of hydrogen-bond acceptors (Lipinski definition) is 9. The number of phosphoric acid groups is 1. The van der Waals surface area contributed by atoms with E-state index in [0.29, 0.717) is 13.0 Å². The smallest absolute Gasteiger partial charge is 0.790 e. The van der Waals surface area contributed by atoms with Gasteiger partial charge < -0.3 is 38.4 Å². The molecule has 0 aliphatic carbocycles. The summed E-state index contributed by atoms with van der Waals surface area (Å²) in [7, 11) is -5.18. The Hall–Kier alpha value is 0.970. The Bertz CT molecular complexity index is 702. The Kier molecular flexibility index (Phi) is 42.3. The molecule has 0 heterocycles. The van der Waals surface area contributed by atoms with Crippen LogP contribution in [0.5, 0.6) is 0 Å². The summed E-state index contributed by atoms with van der Waals surface area (Å²) in [6.45, 7) is 4.42. The molecule has 256 valence electrons. The molecule has 0 rings (SSSR count). The normalized spacial score (nSPS) is 11.8. The van der Waals surface area contributed by atoms with Gasteiger partial charge in [-0.3, -0.25) is 9.59 Å². The number of nitrogens with one attached hydrogen (secondary N) is 1. The summed E-state index contributed by atoms with van der Waals surface area (Å²) in [4.78, 5) is 44.7. The van der Waals surface area contributed by atoms with Crippen molar-refractivity contribution in [2.24, 2.45) is 0 Å². The van der Waals surface area contributed by atoms with Gasteiger partial charge in [0.1, 0.15) is 12.9 Å². The van der Waals surface area contributed by atoms with E-state index < -0.39 is 26.5 Å². The van der Waals surface area contributed by atoms with Gasteiger partial charge in [-0.15, -0.1) is 0 Å². The first kappa shape index (κ1) is 50.3. The molecule has 0 saturated carbocycles. The van der Waals surface area contributed by atoms with Crippen LogP contribution in [0.15, 0.2) is 0 Å². The van der Waals surface area contributed by atoms with E-state index in [1.54, 1.807) is 6.92 Å². The van der Waals surface area contributed by atoms with Crippen molar-refractivity contribution in [3.05, 3.63) is 0 Å². The predicted octanol–water partition coefficient (Wildman–Crippen LogP) is 0.480. The molecule has 10 nitrogen and oxygen atoms in total. The van der Waals surface area contributed by atoms with E-state index in [2.05, 4.69) is 16.8 Å². The zero-order valence-corrected chi connectivity index (χ0v) is 34.2. The summed E-state index contributed by atoms with van der Waals surface area (Å²) < 4.78 is 31.4. The standard InChI is InChI=1S/C32H64NO9P.2Na/c1-3-4-5-6-7-12-15-18-21-24-32(35)42-31(28-41-43(36,37)38)27-40-29-39-26-23-20-17-14-11-9-8-10-13-16-19-22-25-33-30(2)34;;/h31H,3-29H2,1-2H3,(H,33,34)(H2,36,37,38);;/q;2*+1/p-2/t31-;;/m0../s1. The molecule has 0 spiro atoms. The Balaban J connectivity index is -0.00000882. The molecule has 0 saturated heterocycles. The zero-order valence-electron chi connectivity index (χ0n) is 29.3. The molecule has 45 heavy (non-hydrogen) atoms. The van der Waals surface area contributed by atoms with Crippen molar-refractivity contribution in [1.82, 2.24) is 5.32 Å². The number of unbranched alkanes of at least 4 members (excludes halogenated alkanes) is 19. The molecule has 0 aromatic heterocycles. The molecule has 1 amide bonds. The summed E-state index contributed by atoms with van der Waals surface area (Å²) in [6.07, 6.45) is 23.7. The van der Waals surface area contributed by atoms with E-state index in [1.165, 1.54) is 89.9 Å². The molecular weight excluding hydrogens is 619 g/mol. The third kappa shape index (κ3) is 42.9. The third-order valence-electron chi connectivity index (χ3n) is 7.26. The number of carbonyl (C=O) groups excluding carboxylic acids is 2. The summed E-state index contributed by atoms with van der Waals surface area (Å²) in [5.74, 6) is -0.406. The molecule has 0 aliphatic heterocycles. The molecule has 0 aromatic carbocycles. The number of hydrogen-bond donors (Lipinski definition) is 1. The van der Waals surface area contributed by atoms with Crippen molar-refractivity contribution in [1.29, 1.82) is 0 Å². The molecule has 0 unspecified atom stereocenters. The third-order valence-corrected chi connectivity index (χ3v) is 7.73. The number of phosphoric ester groups is 1. The molecule has 1 N–H and O–H groups in total. The van der Waals surface area contributed by atoms with Gasteiger partial charge in [0.2, 0.25) is 5.91 Å². The van der Waals surface area contributed by atoms with Crippen LogP contribution in [0.2, 0.25) is 0 Å². The summed E-state index contributed by atoms with van der Waals surface area (Å²) in [6, 6.07) is 0. The van der Waals surface area contributed by atoms with Gasteiger partial charge in [-0.2, -0.15) is 0 Å². The second kappa shape index (κ2) is 37.8. The fraction of sp³-hybridized carbons (Fsp3) is 0.938. The van der Waals surface area contributed by atoms with Crippen molar-refractivity contribution >= 4 is 19.7 Å². The van der Waals surface area contributed by atoms with E-state index >= 15 is 0 Å². The largest absolute Gasteiger partial charge is 1.00 e. The monoisotopic (exact) mass is 681 g/mol. The van der Waals surface area contributed by atoms with Crippen LogP contribution in [0.1, 0.15) is 155 Å². The minimum absolute atomic E-state index is 0. The summed E-state index contributed by atoms with van der Waals surface area (Å²) in [5.41, 5.74) is 0. The predicted molar refractivity (Wildman–Crippen MR) is 166 cm³/mol. The van der Waals surface area contributed by atoms with Crippen LogP contribution in [0.25, 0.3) is 0 Å². The van der Waals surface area contributed by atoms with Gasteiger partial charge in [0.05, 0.1) is 21.0 Å². The summed E-state index contributed by atoms with van der Waals surface area (Å²) >= 11 is 0. The van der Waals surface area contributed by atoms with E-state index in [0.717, 1.165) is 45.1 Å². The van der Waals surface area contributed by atoms with Gasteiger partial charge in [0.25, 0.3) is 0 Å². The topological polar surface area (TPSA) is 146 Å². The van der Waals surface area contributed by atoms with E-state index in [1.807, 2.05) is 0 Å². The first-order chi connectivity index (χ1) is 20.7. The molecule has 1 atom stereocenters. The van der Waals surface area contributed by atoms with Crippen molar-refractivity contribution < 1.29 is 102 Å². The Labute approximate surface area is 318 Å². The minimum Gasteiger partial charge on any atom is -0.790 e. The van der Waals surface area contributed by atoms with Crippen molar-refractivity contribution in [3.63, 3.8) is 0 Å². The number of carbonyl (C=O) groups is 2. The SMILES string of the molecule is CCCCCCCCCCCC(=O)O[C@@H](COCOCCCCCCCCCCCCCCNC(C)=O)COP(=O)([O-])[O-].[Na+].[Na+]. The molecule has 0 fully saturated rings. The molecule has 0 bridgehead atoms. The van der Waals surface area contributed by atoms with Crippen LogP contribution in [0.4, 0.5) is 0 Å². The molecule has 0 aliphatic rings. The minimum atomic E-state index is -5.18. The molecule has 0 radical (unpaired) electrons. The van der Waals surface area contributed by atoms with Crippen molar-refractivity contribution in [3.8, 4) is 0 Å². The van der Waals surface area contributed by atoms with Gasteiger partial charge in [0, 0.05) is 26.5 Å². The van der Waals surface area contributed by atoms with Crippen LogP contribution < -0.4 is 74.2 Å². The molecule has 0 aromatic rings. The Morgan fingerprint density at radius 3 is 1.62 bits per heavy atom. The Morgan fingerprint density at radius 2 is 1.13 bits per heavy atom. The fourth-order valence-electron chi connectivity index (χ4n) is 4.77. The van der Waals surface area contributed by atoms with Gasteiger partial charge in [-0.05, 0) is 19.3 Å². The maximum absolute atomic E-state index is 12.2. The Morgan fingerprint density at radius 1 is 0.667 bits per heavy atom. The van der Waals surface area contributed by atoms with Crippen molar-refractivity contribution in [2.45, 2.75) is 161 Å². The van der Waals surface area contributed by atoms with Gasteiger partial charge in [-0.1, -0.05) is 122 Å². The first-order valence-electron chi connectivity index (χ1n) is 17.0. The van der Waals surface area contributed by atoms with Gasteiger partial charge in [0.15, 0.2) is 0 Å². The average Bonchev–Trinajstić information content (AvgIpc) is 2.95. The summed E-state index contributed by atoms with van der Waals surface area (Å²) in [5, 5.41) is 2.83. The van der Waals surface area contributed by atoms with Crippen LogP contribution >= 0.6 is 7.82 Å². The van der Waals surface area contributed by atoms with Crippen LogP contribution in [0, 0.1) is 0 Å².